The van der Waals surface area contributed by atoms with E-state index in [1.54, 1.807) is 4.90 Å². The number of hydrogen-bond donors (Lipinski definition) is 1. The highest BCUT2D eigenvalue weighted by atomic mass is 16.5. The molecule has 2 rings (SSSR count). The van der Waals surface area contributed by atoms with Crippen molar-refractivity contribution < 1.29 is 14.6 Å². The van der Waals surface area contributed by atoms with Crippen LogP contribution in [0.25, 0.3) is 0 Å². The zero-order valence-electron chi connectivity index (χ0n) is 9.00. The lowest BCUT2D eigenvalue weighted by atomic mass is 10.1. The van der Waals surface area contributed by atoms with Gasteiger partial charge in [0.1, 0.15) is 6.61 Å². The Bertz CT molecular complexity index is 353. The van der Waals surface area contributed by atoms with Crippen molar-refractivity contribution in [2.75, 3.05) is 19.8 Å². The summed E-state index contributed by atoms with van der Waals surface area (Å²) in [6.07, 6.45) is 0. The molecule has 0 unspecified atom stereocenters. The monoisotopic (exact) mass is 221 g/mol. The molecule has 1 aromatic rings. The Balaban J connectivity index is 2.08. The number of carbonyl (C=O) groups is 1. The predicted octanol–water partition coefficient (Wildman–Crippen LogP) is 0.406. The summed E-state index contributed by atoms with van der Waals surface area (Å²) in [5.41, 5.74) is 1.07. The van der Waals surface area contributed by atoms with Crippen LogP contribution in [0, 0.1) is 0 Å². The van der Waals surface area contributed by atoms with Gasteiger partial charge in [0.25, 0.3) is 0 Å². The van der Waals surface area contributed by atoms with Gasteiger partial charge in [0.05, 0.1) is 19.3 Å². The Morgan fingerprint density at radius 2 is 2.12 bits per heavy atom. The third kappa shape index (κ3) is 2.40. The van der Waals surface area contributed by atoms with Crippen LogP contribution in [0.1, 0.15) is 5.56 Å². The molecule has 0 saturated carbocycles. The van der Waals surface area contributed by atoms with Crippen LogP contribution in [-0.2, 0) is 16.1 Å². The molecule has 0 spiro atoms. The van der Waals surface area contributed by atoms with Gasteiger partial charge in [-0.3, -0.25) is 4.79 Å². The number of carbonyl (C=O) groups excluding carboxylic acids is 1. The summed E-state index contributed by atoms with van der Waals surface area (Å²) in [5, 5.41) is 9.18. The number of benzene rings is 1. The summed E-state index contributed by atoms with van der Waals surface area (Å²) in [7, 11) is 0. The van der Waals surface area contributed by atoms with Crippen LogP contribution in [0.5, 0.6) is 0 Å². The summed E-state index contributed by atoms with van der Waals surface area (Å²) >= 11 is 0. The minimum atomic E-state index is -0.221. The van der Waals surface area contributed by atoms with Gasteiger partial charge in [0, 0.05) is 6.54 Å². The first kappa shape index (κ1) is 11.1. The summed E-state index contributed by atoms with van der Waals surface area (Å²) in [4.78, 5) is 13.3. The van der Waals surface area contributed by atoms with Gasteiger partial charge in [-0.1, -0.05) is 30.3 Å². The van der Waals surface area contributed by atoms with Gasteiger partial charge in [-0.15, -0.1) is 0 Å². The fourth-order valence-electron chi connectivity index (χ4n) is 1.81. The van der Waals surface area contributed by atoms with E-state index >= 15 is 0 Å². The molecule has 86 valence electrons. The van der Waals surface area contributed by atoms with Crippen molar-refractivity contribution in [2.24, 2.45) is 0 Å². The van der Waals surface area contributed by atoms with Crippen LogP contribution in [0.2, 0.25) is 0 Å². The van der Waals surface area contributed by atoms with E-state index in [0.29, 0.717) is 13.2 Å². The molecular formula is C12H15NO3. The second-order valence-electron chi connectivity index (χ2n) is 3.86. The van der Waals surface area contributed by atoms with Crippen molar-refractivity contribution in [3.05, 3.63) is 35.9 Å². The maximum atomic E-state index is 11.7. The molecule has 16 heavy (non-hydrogen) atoms. The summed E-state index contributed by atoms with van der Waals surface area (Å²) < 4.78 is 5.10. The van der Waals surface area contributed by atoms with E-state index < -0.39 is 0 Å². The van der Waals surface area contributed by atoms with Gasteiger partial charge in [-0.25, -0.2) is 0 Å². The van der Waals surface area contributed by atoms with Crippen molar-refractivity contribution in [3.8, 4) is 0 Å². The van der Waals surface area contributed by atoms with Crippen LogP contribution >= 0.6 is 0 Å². The molecule has 0 radical (unpaired) electrons. The van der Waals surface area contributed by atoms with E-state index in [2.05, 4.69) is 0 Å². The van der Waals surface area contributed by atoms with Crippen molar-refractivity contribution in [3.63, 3.8) is 0 Å². The average Bonchev–Trinajstić information content (AvgIpc) is 2.33. The molecule has 1 saturated heterocycles. The first-order valence-corrected chi connectivity index (χ1v) is 5.33. The Hall–Kier alpha value is -1.39. The normalized spacial score (nSPS) is 21.2. The van der Waals surface area contributed by atoms with Gasteiger partial charge in [0.15, 0.2) is 0 Å². The summed E-state index contributed by atoms with van der Waals surface area (Å²) in [5.74, 6) is -0.0610. The Labute approximate surface area is 94.4 Å². The third-order valence-electron chi connectivity index (χ3n) is 2.70. The van der Waals surface area contributed by atoms with Crippen molar-refractivity contribution >= 4 is 5.91 Å². The lowest BCUT2D eigenvalue weighted by Gasteiger charge is -2.34. The molecule has 1 aliphatic heterocycles. The van der Waals surface area contributed by atoms with Gasteiger partial charge in [-0.2, -0.15) is 0 Å². The maximum Gasteiger partial charge on any atom is 0.249 e. The number of amides is 1. The molecule has 1 atom stereocenters. The Morgan fingerprint density at radius 1 is 1.38 bits per heavy atom. The smallest absolute Gasteiger partial charge is 0.249 e. The van der Waals surface area contributed by atoms with Gasteiger partial charge < -0.3 is 14.7 Å². The van der Waals surface area contributed by atoms with Gasteiger partial charge >= 0.3 is 0 Å². The molecule has 1 amide bonds. The number of morpholine rings is 1. The minimum absolute atomic E-state index is 0.0570. The highest BCUT2D eigenvalue weighted by Crippen LogP contribution is 2.12. The van der Waals surface area contributed by atoms with Gasteiger partial charge in [-0.05, 0) is 5.56 Å². The van der Waals surface area contributed by atoms with Crippen LogP contribution in [0.4, 0.5) is 0 Å². The number of aliphatic hydroxyl groups excluding tert-OH is 1. The Kier molecular flexibility index (Phi) is 3.54. The van der Waals surface area contributed by atoms with Crippen LogP contribution < -0.4 is 0 Å². The molecule has 1 N–H and O–H groups in total. The molecule has 0 bridgehead atoms. The number of aliphatic hydroxyl groups is 1. The van der Waals surface area contributed by atoms with Crippen LogP contribution in [0.15, 0.2) is 30.3 Å². The molecule has 4 heteroatoms. The van der Waals surface area contributed by atoms with E-state index in [-0.39, 0.29) is 25.2 Å². The summed E-state index contributed by atoms with van der Waals surface area (Å²) in [6.45, 7) is 1.01. The minimum Gasteiger partial charge on any atom is -0.394 e. The number of rotatable bonds is 3. The molecular weight excluding hydrogens is 206 g/mol. The third-order valence-corrected chi connectivity index (χ3v) is 2.70. The van der Waals surface area contributed by atoms with E-state index in [0.717, 1.165) is 5.56 Å². The quantitative estimate of drug-likeness (QED) is 0.804. The zero-order chi connectivity index (χ0) is 11.4. The molecule has 0 aromatic heterocycles. The fraction of sp³-hybridized carbons (Fsp3) is 0.417. The topological polar surface area (TPSA) is 49.8 Å². The predicted molar refractivity (Wildman–Crippen MR) is 58.7 cm³/mol. The lowest BCUT2D eigenvalue weighted by molar-refractivity contribution is -0.151. The first-order chi connectivity index (χ1) is 7.81. The SMILES string of the molecule is O=C1COC[C@@H](CO)N1Cc1ccccc1. The largest absolute Gasteiger partial charge is 0.394 e. The second kappa shape index (κ2) is 5.09. The zero-order valence-corrected chi connectivity index (χ0v) is 9.00. The molecule has 4 nitrogen and oxygen atoms in total. The lowest BCUT2D eigenvalue weighted by Crippen LogP contribution is -2.50. The summed E-state index contributed by atoms with van der Waals surface area (Å²) in [6, 6.07) is 9.53. The van der Waals surface area contributed by atoms with Crippen molar-refractivity contribution in [1.29, 1.82) is 0 Å². The van der Waals surface area contributed by atoms with E-state index in [4.69, 9.17) is 4.74 Å². The fourth-order valence-corrected chi connectivity index (χ4v) is 1.81. The van der Waals surface area contributed by atoms with Crippen molar-refractivity contribution in [1.82, 2.24) is 4.90 Å². The molecule has 1 aliphatic rings. The standard InChI is InChI=1S/C12H15NO3/c14-7-11-8-16-9-12(15)13(11)6-10-4-2-1-3-5-10/h1-5,11,14H,6-9H2/t11-/m1/s1. The Morgan fingerprint density at radius 3 is 2.81 bits per heavy atom. The first-order valence-electron chi connectivity index (χ1n) is 5.33. The molecule has 1 fully saturated rings. The number of ether oxygens (including phenoxy) is 1. The van der Waals surface area contributed by atoms with E-state index in [1.807, 2.05) is 30.3 Å². The van der Waals surface area contributed by atoms with E-state index in [9.17, 15) is 9.90 Å². The number of hydrogen-bond acceptors (Lipinski definition) is 3. The van der Waals surface area contributed by atoms with Crippen LogP contribution in [0.3, 0.4) is 0 Å². The highest BCUT2D eigenvalue weighted by Gasteiger charge is 2.27. The van der Waals surface area contributed by atoms with E-state index in [1.165, 1.54) is 0 Å². The highest BCUT2D eigenvalue weighted by molar-refractivity contribution is 5.78. The average molecular weight is 221 g/mol. The molecule has 1 aromatic carbocycles. The van der Waals surface area contributed by atoms with Gasteiger partial charge in [0.2, 0.25) is 5.91 Å². The van der Waals surface area contributed by atoms with Crippen LogP contribution in [-0.4, -0.2) is 41.8 Å². The molecule has 0 aliphatic carbocycles. The molecule has 1 heterocycles. The van der Waals surface area contributed by atoms with Crippen molar-refractivity contribution in [2.45, 2.75) is 12.6 Å². The number of nitrogens with zero attached hydrogens (tertiary/aromatic N) is 1. The second-order valence-corrected chi connectivity index (χ2v) is 3.86. The maximum absolute atomic E-state index is 11.7.